The fourth-order valence-electron chi connectivity index (χ4n) is 3.57. The van der Waals surface area contributed by atoms with Crippen molar-refractivity contribution in [2.45, 2.75) is 19.3 Å². The number of carbonyl (C=O) groups is 2. The molecule has 2 amide bonds. The molecule has 2 atom stereocenters. The van der Waals surface area contributed by atoms with Gasteiger partial charge in [-0.25, -0.2) is 9.18 Å². The minimum atomic E-state index is -0.831. The van der Waals surface area contributed by atoms with E-state index in [1.54, 1.807) is 0 Å². The van der Waals surface area contributed by atoms with E-state index in [4.69, 9.17) is 11.6 Å². The number of hydrogen-bond donors (Lipinski definition) is 2. The van der Waals surface area contributed by atoms with Gasteiger partial charge in [0.2, 0.25) is 0 Å². The summed E-state index contributed by atoms with van der Waals surface area (Å²) in [5, 5.41) is 12.1. The van der Waals surface area contributed by atoms with Crippen molar-refractivity contribution in [3.8, 4) is 0 Å². The zero-order chi connectivity index (χ0) is 15.9. The lowest BCUT2D eigenvalue weighted by atomic mass is 9.81. The molecule has 1 heterocycles. The molecule has 22 heavy (non-hydrogen) atoms. The van der Waals surface area contributed by atoms with Gasteiger partial charge < -0.3 is 15.3 Å². The van der Waals surface area contributed by atoms with Gasteiger partial charge >= 0.3 is 12.0 Å². The molecule has 0 unspecified atom stereocenters. The van der Waals surface area contributed by atoms with Crippen LogP contribution in [0.5, 0.6) is 0 Å². The molecule has 1 aliphatic carbocycles. The number of anilines is 1. The van der Waals surface area contributed by atoms with Crippen LogP contribution in [0.2, 0.25) is 5.02 Å². The quantitative estimate of drug-likeness (QED) is 0.876. The van der Waals surface area contributed by atoms with Gasteiger partial charge in [-0.05, 0) is 37.0 Å². The Morgan fingerprint density at radius 2 is 2.23 bits per heavy atom. The van der Waals surface area contributed by atoms with Crippen LogP contribution >= 0.6 is 11.6 Å². The Morgan fingerprint density at radius 1 is 1.45 bits per heavy atom. The predicted molar refractivity (Wildman–Crippen MR) is 79.4 cm³/mol. The SMILES string of the molecule is O=C(Nc1ccc(Cl)c(F)c1)N1C[C@@H]2CCC[C@@]2(C(=O)O)C1. The van der Waals surface area contributed by atoms with E-state index in [2.05, 4.69) is 5.32 Å². The second-order valence-electron chi connectivity index (χ2n) is 5.99. The average molecular weight is 327 g/mol. The fraction of sp³-hybridized carbons (Fsp3) is 0.467. The van der Waals surface area contributed by atoms with Gasteiger partial charge in [0.15, 0.2) is 0 Å². The van der Waals surface area contributed by atoms with Crippen LogP contribution in [-0.2, 0) is 4.79 Å². The molecule has 0 bridgehead atoms. The molecular formula is C15H16ClFN2O3. The van der Waals surface area contributed by atoms with Crippen LogP contribution in [0.25, 0.3) is 0 Å². The van der Waals surface area contributed by atoms with Crippen LogP contribution in [0.3, 0.4) is 0 Å². The number of carboxylic acids is 1. The van der Waals surface area contributed by atoms with Gasteiger partial charge in [-0.3, -0.25) is 4.79 Å². The molecule has 2 fully saturated rings. The summed E-state index contributed by atoms with van der Waals surface area (Å²) >= 11 is 5.60. The number of nitrogens with zero attached hydrogens (tertiary/aromatic N) is 1. The maximum atomic E-state index is 13.4. The van der Waals surface area contributed by atoms with Crippen molar-refractivity contribution in [2.24, 2.45) is 11.3 Å². The molecule has 0 radical (unpaired) electrons. The first-order chi connectivity index (χ1) is 10.4. The predicted octanol–water partition coefficient (Wildman–Crippen LogP) is 3.20. The maximum Gasteiger partial charge on any atom is 0.321 e. The summed E-state index contributed by atoms with van der Waals surface area (Å²) in [6.45, 7) is 0.628. The van der Waals surface area contributed by atoms with Crippen LogP contribution < -0.4 is 5.32 Å². The van der Waals surface area contributed by atoms with Crippen molar-refractivity contribution in [1.82, 2.24) is 4.90 Å². The van der Waals surface area contributed by atoms with Crippen LogP contribution in [0.1, 0.15) is 19.3 Å². The minimum absolute atomic E-state index is 0.00213. The summed E-state index contributed by atoms with van der Waals surface area (Å²) in [5.41, 5.74) is -0.517. The molecule has 118 valence electrons. The van der Waals surface area contributed by atoms with E-state index in [1.807, 2.05) is 0 Å². The van der Waals surface area contributed by atoms with Gasteiger partial charge in [0, 0.05) is 18.8 Å². The zero-order valence-corrected chi connectivity index (χ0v) is 12.6. The first-order valence-electron chi connectivity index (χ1n) is 7.17. The Kier molecular flexibility index (Phi) is 3.72. The molecule has 2 aliphatic rings. The van der Waals surface area contributed by atoms with Gasteiger partial charge in [0.1, 0.15) is 5.82 Å². The highest BCUT2D eigenvalue weighted by Crippen LogP contribution is 2.48. The van der Waals surface area contributed by atoms with Gasteiger partial charge in [-0.15, -0.1) is 0 Å². The molecule has 1 aromatic rings. The highest BCUT2D eigenvalue weighted by Gasteiger charge is 2.55. The summed E-state index contributed by atoms with van der Waals surface area (Å²) in [6.07, 6.45) is 2.31. The standard InChI is InChI=1S/C15H16ClFN2O3/c16-11-4-3-10(6-12(11)17)18-14(22)19-7-9-2-1-5-15(9,8-19)13(20)21/h3-4,6,9H,1-2,5,7-8H2,(H,18,22)(H,20,21)/t9-,15+/m0/s1. The highest BCUT2D eigenvalue weighted by molar-refractivity contribution is 6.30. The van der Waals surface area contributed by atoms with Crippen molar-refractivity contribution in [2.75, 3.05) is 18.4 Å². The number of halogens is 2. The molecule has 2 N–H and O–H groups in total. The van der Waals surface area contributed by atoms with Crippen molar-refractivity contribution in [3.63, 3.8) is 0 Å². The Hall–Kier alpha value is -1.82. The molecule has 0 spiro atoms. The number of fused-ring (bicyclic) bond motifs is 1. The Labute approximate surface area is 132 Å². The molecule has 1 aromatic carbocycles. The third-order valence-corrected chi connectivity index (χ3v) is 5.06. The van der Waals surface area contributed by atoms with Crippen LogP contribution in [0, 0.1) is 17.2 Å². The average Bonchev–Trinajstić information content (AvgIpc) is 3.00. The summed E-state index contributed by atoms with van der Waals surface area (Å²) < 4.78 is 13.4. The van der Waals surface area contributed by atoms with Crippen LogP contribution in [-0.4, -0.2) is 35.1 Å². The number of nitrogens with one attached hydrogen (secondary N) is 1. The molecule has 5 nitrogen and oxygen atoms in total. The first kappa shape index (κ1) is 15.1. The Bertz CT molecular complexity index is 639. The Balaban J connectivity index is 1.71. The van der Waals surface area contributed by atoms with E-state index in [0.717, 1.165) is 18.9 Å². The number of hydrogen-bond acceptors (Lipinski definition) is 2. The van der Waals surface area contributed by atoms with Crippen LogP contribution in [0.4, 0.5) is 14.9 Å². The number of carboxylic acid groups (broad SMARTS) is 1. The van der Waals surface area contributed by atoms with Crippen molar-refractivity contribution < 1.29 is 19.1 Å². The number of aliphatic carboxylic acids is 1. The normalized spacial score (nSPS) is 26.8. The van der Waals surface area contributed by atoms with Crippen molar-refractivity contribution in [3.05, 3.63) is 29.0 Å². The summed E-state index contributed by atoms with van der Waals surface area (Å²) in [7, 11) is 0. The second-order valence-corrected chi connectivity index (χ2v) is 6.40. The van der Waals surface area contributed by atoms with Gasteiger partial charge in [0.25, 0.3) is 0 Å². The zero-order valence-electron chi connectivity index (χ0n) is 11.8. The number of likely N-dealkylation sites (tertiary alicyclic amines) is 1. The molecule has 0 aromatic heterocycles. The molecule has 1 aliphatic heterocycles. The van der Waals surface area contributed by atoms with E-state index < -0.39 is 23.2 Å². The summed E-state index contributed by atoms with van der Waals surface area (Å²) in [6, 6.07) is 3.61. The number of urea groups is 1. The molecule has 1 saturated heterocycles. The van der Waals surface area contributed by atoms with E-state index in [9.17, 15) is 19.1 Å². The maximum absolute atomic E-state index is 13.4. The topological polar surface area (TPSA) is 69.6 Å². The number of benzene rings is 1. The third-order valence-electron chi connectivity index (χ3n) is 4.75. The molecule has 7 heteroatoms. The highest BCUT2D eigenvalue weighted by atomic mass is 35.5. The number of rotatable bonds is 2. The summed E-state index contributed by atoms with van der Waals surface area (Å²) in [5.74, 6) is -1.44. The van der Waals surface area contributed by atoms with Gasteiger partial charge in [0.05, 0.1) is 10.4 Å². The lowest BCUT2D eigenvalue weighted by Gasteiger charge is -2.23. The van der Waals surface area contributed by atoms with Gasteiger partial charge in [-0.2, -0.15) is 0 Å². The van der Waals surface area contributed by atoms with E-state index in [-0.39, 0.29) is 17.5 Å². The monoisotopic (exact) mass is 326 g/mol. The van der Waals surface area contributed by atoms with E-state index in [1.165, 1.54) is 17.0 Å². The number of amides is 2. The molecular weight excluding hydrogens is 311 g/mol. The third kappa shape index (κ3) is 2.41. The smallest absolute Gasteiger partial charge is 0.321 e. The van der Waals surface area contributed by atoms with Crippen LogP contribution in [0.15, 0.2) is 18.2 Å². The summed E-state index contributed by atoms with van der Waals surface area (Å²) in [4.78, 5) is 25.4. The lowest BCUT2D eigenvalue weighted by Crippen LogP contribution is -2.38. The first-order valence-corrected chi connectivity index (χ1v) is 7.54. The molecule has 3 rings (SSSR count). The second kappa shape index (κ2) is 5.43. The Morgan fingerprint density at radius 3 is 2.86 bits per heavy atom. The van der Waals surface area contributed by atoms with Gasteiger partial charge in [-0.1, -0.05) is 18.0 Å². The number of carbonyl (C=O) groups excluding carboxylic acids is 1. The van der Waals surface area contributed by atoms with Crippen molar-refractivity contribution in [1.29, 1.82) is 0 Å². The van der Waals surface area contributed by atoms with E-state index in [0.29, 0.717) is 18.7 Å². The van der Waals surface area contributed by atoms with Crippen molar-refractivity contribution >= 4 is 29.3 Å². The largest absolute Gasteiger partial charge is 0.481 e. The fourth-order valence-corrected chi connectivity index (χ4v) is 3.69. The molecule has 1 saturated carbocycles. The lowest BCUT2D eigenvalue weighted by molar-refractivity contribution is -0.149. The minimum Gasteiger partial charge on any atom is -0.481 e. The van der Waals surface area contributed by atoms with E-state index >= 15 is 0 Å².